The summed E-state index contributed by atoms with van der Waals surface area (Å²) in [7, 11) is 1.58. The van der Waals surface area contributed by atoms with Crippen molar-refractivity contribution in [2.24, 2.45) is 5.92 Å². The quantitative estimate of drug-likeness (QED) is 0.310. The third-order valence-electron chi connectivity index (χ3n) is 10.1. The van der Waals surface area contributed by atoms with Crippen LogP contribution in [0.5, 0.6) is 0 Å². The van der Waals surface area contributed by atoms with Gasteiger partial charge in [-0.3, -0.25) is 24.0 Å². The summed E-state index contributed by atoms with van der Waals surface area (Å²) < 4.78 is 5.75. The molecule has 4 aromatic rings. The summed E-state index contributed by atoms with van der Waals surface area (Å²) in [4.78, 5) is 88.1. The number of hydrogen-bond donors (Lipinski definition) is 2. The molecule has 2 fully saturated rings. The van der Waals surface area contributed by atoms with Gasteiger partial charge in [0.2, 0.25) is 23.6 Å². The number of amides is 5. The smallest absolute Gasteiger partial charge is 0.276 e. The van der Waals surface area contributed by atoms with Gasteiger partial charge in [0, 0.05) is 37.3 Å². The van der Waals surface area contributed by atoms with Crippen LogP contribution in [-0.4, -0.2) is 97.5 Å². The molecule has 0 spiro atoms. The Kier molecular flexibility index (Phi) is 10.4. The molecule has 16 heteroatoms. The number of carbonyl (C=O) groups is 5. The molecular weight excluding hydrogens is 717 g/mol. The Morgan fingerprint density at radius 3 is 2.26 bits per heavy atom. The molecule has 2 N–H and O–H groups in total. The van der Waals surface area contributed by atoms with Crippen LogP contribution in [0.3, 0.4) is 0 Å². The Balaban J connectivity index is 1.25. The molecule has 5 atom stereocenters. The summed E-state index contributed by atoms with van der Waals surface area (Å²) in [5.74, 6) is -1.98. The predicted octanol–water partition coefficient (Wildman–Crippen LogP) is 4.24. The highest BCUT2D eigenvalue weighted by Crippen LogP contribution is 2.36. The van der Waals surface area contributed by atoms with Gasteiger partial charge < -0.3 is 29.8 Å². The third kappa shape index (κ3) is 7.34. The molecule has 53 heavy (non-hydrogen) atoms. The van der Waals surface area contributed by atoms with Crippen molar-refractivity contribution in [3.8, 4) is 11.6 Å². The first-order chi connectivity index (χ1) is 25.5. The van der Waals surface area contributed by atoms with Gasteiger partial charge in [0.1, 0.15) is 45.8 Å². The lowest BCUT2D eigenvalue weighted by Crippen LogP contribution is -2.55. The normalized spacial score (nSPS) is 24.6. The van der Waals surface area contributed by atoms with Gasteiger partial charge in [0.15, 0.2) is 5.69 Å². The molecule has 0 unspecified atom stereocenters. The summed E-state index contributed by atoms with van der Waals surface area (Å²) in [5, 5.41) is 10.5. The zero-order chi connectivity index (χ0) is 37.4. The van der Waals surface area contributed by atoms with Crippen molar-refractivity contribution < 1.29 is 28.4 Å². The van der Waals surface area contributed by atoms with E-state index in [0.29, 0.717) is 48.1 Å². The van der Waals surface area contributed by atoms with Gasteiger partial charge in [-0.1, -0.05) is 44.2 Å². The second-order valence-electron chi connectivity index (χ2n) is 14.1. The van der Waals surface area contributed by atoms with Gasteiger partial charge in [-0.15, -0.1) is 22.7 Å². The fourth-order valence-corrected chi connectivity index (χ4v) is 9.21. The van der Waals surface area contributed by atoms with Crippen LogP contribution < -0.4 is 10.6 Å². The number of rotatable bonds is 3. The Bertz CT molecular complexity index is 2010. The van der Waals surface area contributed by atoms with E-state index in [1.807, 2.05) is 44.2 Å². The first-order valence-corrected chi connectivity index (χ1v) is 19.7. The molecule has 0 radical (unpaired) electrons. The highest BCUT2D eigenvalue weighted by molar-refractivity contribution is 7.10. The summed E-state index contributed by atoms with van der Waals surface area (Å²) in [6, 6.07) is 6.12. The van der Waals surface area contributed by atoms with Gasteiger partial charge >= 0.3 is 0 Å². The molecule has 0 aliphatic carbocycles. The van der Waals surface area contributed by atoms with E-state index in [0.717, 1.165) is 12.0 Å². The third-order valence-corrected chi connectivity index (χ3v) is 12.1. The summed E-state index contributed by atoms with van der Waals surface area (Å²) >= 11 is 2.60. The van der Waals surface area contributed by atoms with Crippen molar-refractivity contribution in [3.05, 3.63) is 74.3 Å². The molecule has 5 amide bonds. The average Bonchev–Trinajstić information content (AvgIpc) is 3.99. The van der Waals surface area contributed by atoms with Gasteiger partial charge in [-0.05, 0) is 44.1 Å². The molecule has 3 aromatic heterocycles. The average molecular weight is 759 g/mol. The highest BCUT2D eigenvalue weighted by atomic mass is 32.1. The van der Waals surface area contributed by atoms with Crippen molar-refractivity contribution in [1.29, 1.82) is 0 Å². The van der Waals surface area contributed by atoms with Crippen molar-refractivity contribution in [2.75, 3.05) is 20.1 Å². The molecule has 1 aromatic carbocycles. The molecule has 2 saturated heterocycles. The van der Waals surface area contributed by atoms with E-state index in [2.05, 4.69) is 20.6 Å². The molecule has 3 aliphatic rings. The van der Waals surface area contributed by atoms with E-state index >= 15 is 0 Å². The molecule has 278 valence electrons. The van der Waals surface area contributed by atoms with Crippen LogP contribution in [0.15, 0.2) is 51.8 Å². The number of oxazole rings is 1. The minimum absolute atomic E-state index is 0.0540. The van der Waals surface area contributed by atoms with Crippen LogP contribution in [0.25, 0.3) is 11.6 Å². The summed E-state index contributed by atoms with van der Waals surface area (Å²) in [6.07, 6.45) is 4.07. The number of nitrogens with zero attached hydrogens (tertiary/aromatic N) is 6. The number of fused-ring (bicyclic) bond motifs is 10. The van der Waals surface area contributed by atoms with Crippen LogP contribution in [0, 0.1) is 5.92 Å². The van der Waals surface area contributed by atoms with Gasteiger partial charge in [-0.25, -0.2) is 15.0 Å². The molecule has 6 heterocycles. The van der Waals surface area contributed by atoms with E-state index < -0.39 is 36.0 Å². The fourth-order valence-electron chi connectivity index (χ4n) is 7.46. The number of hydrogen-bond acceptors (Lipinski definition) is 11. The monoisotopic (exact) mass is 758 g/mol. The number of benzene rings is 1. The Morgan fingerprint density at radius 1 is 0.830 bits per heavy atom. The van der Waals surface area contributed by atoms with Crippen molar-refractivity contribution >= 4 is 52.2 Å². The molecule has 14 nitrogen and oxygen atoms in total. The highest BCUT2D eigenvalue weighted by Gasteiger charge is 2.42. The molecule has 6 bridgehead atoms. The molecule has 7 rings (SSSR count). The molecule has 3 aliphatic heterocycles. The van der Waals surface area contributed by atoms with Crippen LogP contribution in [0.2, 0.25) is 0 Å². The van der Waals surface area contributed by atoms with E-state index in [4.69, 9.17) is 9.40 Å². The largest absolute Gasteiger partial charge is 0.442 e. The predicted molar refractivity (Wildman–Crippen MR) is 197 cm³/mol. The van der Waals surface area contributed by atoms with Gasteiger partial charge in [0.25, 0.3) is 11.8 Å². The van der Waals surface area contributed by atoms with Crippen molar-refractivity contribution in [3.63, 3.8) is 0 Å². The van der Waals surface area contributed by atoms with E-state index in [1.165, 1.54) is 38.7 Å². The van der Waals surface area contributed by atoms with E-state index in [1.54, 1.807) is 29.6 Å². The van der Waals surface area contributed by atoms with Crippen molar-refractivity contribution in [2.45, 2.75) is 83.1 Å². The van der Waals surface area contributed by atoms with Gasteiger partial charge in [-0.2, -0.15) is 0 Å². The second kappa shape index (κ2) is 15.2. The minimum Gasteiger partial charge on any atom is -0.442 e. The maximum Gasteiger partial charge on any atom is 0.276 e. The Labute approximate surface area is 315 Å². The SMILES string of the molecule is CC(C)[C@H]1C(=O)N[C@@H](C)c2nc(cs2)C(=O)N[C@@H](Cc2ccccc2)C(=O)N2CCC[C@H]2c2nc(cs2)-c2nc(co2)C(=O)N2CCC[C@H]2C(=O)N1C. The second-order valence-corrected chi connectivity index (χ2v) is 15.9. The standard InChI is InChI=1S/C37H42N8O6S2/c1-20(2)29-31(47)38-21(3)33-41-25(18-52-33)30(46)39-23(16-22-10-6-5-7-11-22)35(48)44-14-8-12-27(44)34-42-26(19-53-34)32-40-24(17-51-32)36(49)45-15-9-13-28(45)37(50)43(29)4/h5-7,10-11,17-21,23,27-29H,8-9,12-16H2,1-4H3,(H,38,47)(H,39,46)/t21-,23-,27-,28-,29-/m0/s1. The molecular formula is C37H42N8O6S2. The lowest BCUT2D eigenvalue weighted by atomic mass is 10.00. The zero-order valence-corrected chi connectivity index (χ0v) is 31.6. The molecule has 0 saturated carbocycles. The van der Waals surface area contributed by atoms with Crippen LogP contribution >= 0.6 is 22.7 Å². The van der Waals surface area contributed by atoms with Crippen LogP contribution in [0.4, 0.5) is 0 Å². The zero-order valence-electron chi connectivity index (χ0n) is 30.0. The van der Waals surface area contributed by atoms with E-state index in [9.17, 15) is 24.0 Å². The lowest BCUT2D eigenvalue weighted by molar-refractivity contribution is -0.143. The Hall–Kier alpha value is -4.96. The lowest BCUT2D eigenvalue weighted by Gasteiger charge is -2.34. The number of likely N-dealkylation sites (N-methyl/N-ethyl adjacent to an activating group) is 1. The number of aromatic nitrogens is 3. The van der Waals surface area contributed by atoms with Crippen LogP contribution in [0.1, 0.15) is 95.1 Å². The first-order valence-electron chi connectivity index (χ1n) is 17.9. The maximum atomic E-state index is 14.3. The topological polar surface area (TPSA) is 171 Å². The van der Waals surface area contributed by atoms with Gasteiger partial charge in [0.05, 0.1) is 12.1 Å². The summed E-state index contributed by atoms with van der Waals surface area (Å²) in [6.45, 7) is 6.34. The van der Waals surface area contributed by atoms with Crippen LogP contribution in [-0.2, 0) is 20.8 Å². The van der Waals surface area contributed by atoms with E-state index in [-0.39, 0.29) is 53.4 Å². The maximum absolute atomic E-state index is 14.3. The first kappa shape index (κ1) is 36.4. The Morgan fingerprint density at radius 2 is 1.51 bits per heavy atom. The number of carbonyl (C=O) groups excluding carboxylic acids is 5. The van der Waals surface area contributed by atoms with Crippen molar-refractivity contribution in [1.82, 2.24) is 40.3 Å². The minimum atomic E-state index is -0.882. The fraction of sp³-hybridized carbons (Fsp3) is 0.459. The number of thiazole rings is 2. The number of nitrogens with one attached hydrogen (secondary N) is 2. The summed E-state index contributed by atoms with van der Waals surface area (Å²) in [5.41, 5.74) is 1.51.